The number of rotatable bonds is 13. The second kappa shape index (κ2) is 16.7. The van der Waals surface area contributed by atoms with Gasteiger partial charge >= 0.3 is 0 Å². The number of aliphatic hydroxyl groups excluding tert-OH is 1. The molecule has 0 radical (unpaired) electrons. The van der Waals surface area contributed by atoms with Crippen molar-refractivity contribution in [3.63, 3.8) is 0 Å². The van der Waals surface area contributed by atoms with Gasteiger partial charge in [-0.2, -0.15) is 0 Å². The molecular formula is C28H46N2O2. The minimum atomic E-state index is 0.720. The quantitative estimate of drug-likeness (QED) is 0.238. The molecule has 2 rings (SSSR count). The summed E-state index contributed by atoms with van der Waals surface area (Å²) in [5, 5.41) is 7.00. The molecule has 0 saturated carbocycles. The van der Waals surface area contributed by atoms with Crippen LogP contribution in [0.25, 0.3) is 0 Å². The molecule has 0 fully saturated rings. The van der Waals surface area contributed by atoms with E-state index in [1.165, 1.54) is 36.2 Å². The molecule has 32 heavy (non-hydrogen) atoms. The highest BCUT2D eigenvalue weighted by Gasteiger charge is 2.18. The van der Waals surface area contributed by atoms with Gasteiger partial charge in [-0.25, -0.2) is 0 Å². The first-order valence-electron chi connectivity index (χ1n) is 12.1. The Morgan fingerprint density at radius 3 is 2.34 bits per heavy atom. The highest BCUT2D eigenvalue weighted by atomic mass is 16.5. The third kappa shape index (κ3) is 11.1. The molecule has 0 aromatic heterocycles. The van der Waals surface area contributed by atoms with Gasteiger partial charge in [-0.3, -0.25) is 4.90 Å². The second-order valence-electron chi connectivity index (χ2n) is 8.83. The van der Waals surface area contributed by atoms with Crippen LogP contribution in [0.2, 0.25) is 0 Å². The van der Waals surface area contributed by atoms with Gasteiger partial charge in [-0.15, -0.1) is 0 Å². The van der Waals surface area contributed by atoms with Crippen LogP contribution in [0.15, 0.2) is 59.9 Å². The molecule has 0 bridgehead atoms. The van der Waals surface area contributed by atoms with Crippen LogP contribution in [-0.2, 0) is 17.8 Å². The summed E-state index contributed by atoms with van der Waals surface area (Å²) < 4.78 is 5.98. The van der Waals surface area contributed by atoms with Gasteiger partial charge in [-0.05, 0) is 61.9 Å². The van der Waals surface area contributed by atoms with Crippen molar-refractivity contribution < 1.29 is 9.84 Å². The molecule has 0 spiro atoms. The third-order valence-corrected chi connectivity index (χ3v) is 5.34. The largest absolute Gasteiger partial charge is 0.498 e. The minimum Gasteiger partial charge on any atom is -0.498 e. The van der Waals surface area contributed by atoms with Gasteiger partial charge in [-0.1, -0.05) is 63.3 Å². The van der Waals surface area contributed by atoms with Crippen molar-refractivity contribution in [1.82, 2.24) is 9.80 Å². The molecule has 0 aliphatic carbocycles. The zero-order chi connectivity index (χ0) is 23.8. The number of allylic oxidation sites excluding steroid dienone is 4. The van der Waals surface area contributed by atoms with E-state index in [4.69, 9.17) is 9.84 Å². The molecule has 4 nitrogen and oxygen atoms in total. The summed E-state index contributed by atoms with van der Waals surface area (Å²) in [4.78, 5) is 5.06. The Balaban J connectivity index is 0.00000249. The van der Waals surface area contributed by atoms with Crippen LogP contribution in [-0.4, -0.2) is 54.8 Å². The Bertz CT molecular complexity index is 697. The zero-order valence-corrected chi connectivity index (χ0v) is 21.3. The summed E-state index contributed by atoms with van der Waals surface area (Å²) >= 11 is 0. The predicted octanol–water partition coefficient (Wildman–Crippen LogP) is 5.79. The van der Waals surface area contributed by atoms with Gasteiger partial charge in [0.05, 0.1) is 12.4 Å². The molecule has 1 N–H and O–H groups in total. The molecule has 1 aromatic rings. The maximum absolute atomic E-state index is 7.00. The normalized spacial score (nSPS) is 14.8. The van der Waals surface area contributed by atoms with Crippen LogP contribution >= 0.6 is 0 Å². The lowest BCUT2D eigenvalue weighted by Gasteiger charge is -2.23. The fourth-order valence-corrected chi connectivity index (χ4v) is 4.07. The molecule has 0 unspecified atom stereocenters. The summed E-state index contributed by atoms with van der Waals surface area (Å²) in [5.41, 5.74) is 4.24. The first-order valence-corrected chi connectivity index (χ1v) is 12.1. The molecule has 0 atom stereocenters. The van der Waals surface area contributed by atoms with E-state index in [1.54, 1.807) is 0 Å². The van der Waals surface area contributed by atoms with E-state index in [9.17, 15) is 0 Å². The number of hydrogen-bond acceptors (Lipinski definition) is 4. The maximum Gasteiger partial charge on any atom is 0.0928 e. The number of fused-ring (bicyclic) bond motifs is 1. The molecular weight excluding hydrogens is 396 g/mol. The number of nitrogens with zero attached hydrogens (tertiary/aromatic N) is 2. The zero-order valence-electron chi connectivity index (χ0n) is 21.3. The van der Waals surface area contributed by atoms with Crippen molar-refractivity contribution in [3.05, 3.63) is 71.0 Å². The van der Waals surface area contributed by atoms with Crippen molar-refractivity contribution in [2.24, 2.45) is 5.92 Å². The Morgan fingerprint density at radius 1 is 1.12 bits per heavy atom. The van der Waals surface area contributed by atoms with Crippen LogP contribution in [0.3, 0.4) is 0 Å². The monoisotopic (exact) mass is 442 g/mol. The lowest BCUT2D eigenvalue weighted by atomic mass is 10.1. The first kappa shape index (κ1) is 28.2. The molecule has 1 aromatic carbocycles. The van der Waals surface area contributed by atoms with Crippen molar-refractivity contribution in [2.75, 3.05) is 39.9 Å². The lowest BCUT2D eigenvalue weighted by Crippen LogP contribution is -2.30. The first-order chi connectivity index (χ1) is 15.5. The van der Waals surface area contributed by atoms with E-state index < -0.39 is 0 Å². The fourth-order valence-electron chi connectivity index (χ4n) is 4.07. The van der Waals surface area contributed by atoms with Gasteiger partial charge in [0.1, 0.15) is 0 Å². The van der Waals surface area contributed by atoms with Crippen LogP contribution in [0.5, 0.6) is 0 Å². The average Bonchev–Trinajstić information content (AvgIpc) is 3.18. The van der Waals surface area contributed by atoms with Crippen molar-refractivity contribution in [2.45, 2.75) is 60.5 Å². The third-order valence-electron chi connectivity index (χ3n) is 5.34. The van der Waals surface area contributed by atoms with Crippen LogP contribution in [0.4, 0.5) is 0 Å². The molecule has 1 heterocycles. The summed E-state index contributed by atoms with van der Waals surface area (Å²) in [6, 6.07) is 8.77. The molecule has 0 amide bonds. The van der Waals surface area contributed by atoms with E-state index in [1.807, 2.05) is 0 Å². The van der Waals surface area contributed by atoms with Crippen LogP contribution in [0, 0.1) is 5.92 Å². The highest BCUT2D eigenvalue weighted by Crippen LogP contribution is 2.23. The SMILES string of the molecule is C/C=C/C(=C\C=C(/C)OCCCN(CCC)CC(C)C)CN1Cc2ccccc2C1.CO. The Morgan fingerprint density at radius 2 is 1.78 bits per heavy atom. The molecule has 180 valence electrons. The van der Waals surface area contributed by atoms with E-state index >= 15 is 0 Å². The Hall–Kier alpha value is -1.88. The summed E-state index contributed by atoms with van der Waals surface area (Å²) in [6.07, 6.45) is 11.0. The average molecular weight is 443 g/mol. The number of hydrogen-bond donors (Lipinski definition) is 1. The van der Waals surface area contributed by atoms with E-state index in [0.29, 0.717) is 0 Å². The van der Waals surface area contributed by atoms with E-state index in [0.717, 1.165) is 58.0 Å². The van der Waals surface area contributed by atoms with Gasteiger partial charge in [0.15, 0.2) is 0 Å². The summed E-state index contributed by atoms with van der Waals surface area (Å²) in [5.74, 6) is 1.71. The molecule has 1 aliphatic heterocycles. The van der Waals surface area contributed by atoms with Gasteiger partial charge in [0.2, 0.25) is 0 Å². The van der Waals surface area contributed by atoms with E-state index in [2.05, 4.69) is 93.0 Å². The van der Waals surface area contributed by atoms with Crippen molar-refractivity contribution in [1.29, 1.82) is 0 Å². The number of benzene rings is 1. The molecule has 4 heteroatoms. The van der Waals surface area contributed by atoms with Crippen molar-refractivity contribution >= 4 is 0 Å². The maximum atomic E-state index is 7.00. The molecule has 0 saturated heterocycles. The highest BCUT2D eigenvalue weighted by molar-refractivity contribution is 5.32. The van der Waals surface area contributed by atoms with Gasteiger partial charge in [0, 0.05) is 39.8 Å². The van der Waals surface area contributed by atoms with Crippen LogP contribution < -0.4 is 0 Å². The van der Waals surface area contributed by atoms with Crippen molar-refractivity contribution in [3.8, 4) is 0 Å². The lowest BCUT2D eigenvalue weighted by molar-refractivity contribution is 0.176. The summed E-state index contributed by atoms with van der Waals surface area (Å²) in [6.45, 7) is 18.3. The van der Waals surface area contributed by atoms with E-state index in [-0.39, 0.29) is 0 Å². The topological polar surface area (TPSA) is 35.9 Å². The van der Waals surface area contributed by atoms with Crippen LogP contribution in [0.1, 0.15) is 58.6 Å². The standard InChI is InChI=1S/C27H42N2O.CH4O/c1-6-11-25(20-29-21-26-12-8-9-13-27(26)22-29)15-14-24(5)30-18-10-17-28(16-7-2)19-23(3)4;1-2/h6,8-9,11-15,23H,7,10,16-22H2,1-5H3;2H,1H3/b11-6+,24-14+,25-15+;. The Kier molecular flexibility index (Phi) is 14.7. The molecule has 1 aliphatic rings. The fraction of sp³-hybridized carbons (Fsp3) is 0.571. The van der Waals surface area contributed by atoms with Gasteiger partial charge < -0.3 is 14.7 Å². The number of aliphatic hydroxyl groups is 1. The second-order valence-corrected chi connectivity index (χ2v) is 8.83. The van der Waals surface area contributed by atoms with Gasteiger partial charge in [0.25, 0.3) is 0 Å². The smallest absolute Gasteiger partial charge is 0.0928 e. The predicted molar refractivity (Wildman–Crippen MR) is 137 cm³/mol. The number of ether oxygens (including phenoxy) is 1. The minimum absolute atomic E-state index is 0.720. The Labute approximate surface area is 197 Å². The summed E-state index contributed by atoms with van der Waals surface area (Å²) in [7, 11) is 1.00.